The van der Waals surface area contributed by atoms with Gasteiger partial charge in [-0.1, -0.05) is 20.8 Å². The number of nitrogens with zero attached hydrogens (tertiary/aromatic N) is 1. The van der Waals surface area contributed by atoms with Crippen molar-refractivity contribution in [3.63, 3.8) is 0 Å². The summed E-state index contributed by atoms with van der Waals surface area (Å²) in [4.78, 5) is 16.3. The van der Waals surface area contributed by atoms with Gasteiger partial charge in [-0.05, 0) is 17.5 Å². The van der Waals surface area contributed by atoms with Crippen LogP contribution in [-0.4, -0.2) is 10.8 Å². The Morgan fingerprint density at radius 1 is 1.40 bits per heavy atom. The molecule has 0 radical (unpaired) electrons. The van der Waals surface area contributed by atoms with Gasteiger partial charge in [-0.15, -0.1) is 11.3 Å². The Morgan fingerprint density at radius 3 is 2.80 bits per heavy atom. The van der Waals surface area contributed by atoms with E-state index in [2.05, 4.69) is 4.98 Å². The summed E-state index contributed by atoms with van der Waals surface area (Å²) in [7, 11) is 0. The standard InChI is InChI=1S/C12H13NOS/c1-12(2,3)11(14)8-6-10-9(13-7-8)4-5-15-10/h4-7H,1-3H3. The van der Waals surface area contributed by atoms with Gasteiger partial charge in [0.1, 0.15) is 0 Å². The van der Waals surface area contributed by atoms with E-state index in [1.165, 1.54) is 0 Å². The van der Waals surface area contributed by atoms with Crippen LogP contribution in [-0.2, 0) is 0 Å². The van der Waals surface area contributed by atoms with Crippen molar-refractivity contribution in [1.29, 1.82) is 0 Å². The minimum Gasteiger partial charge on any atom is -0.294 e. The number of hydrogen-bond donors (Lipinski definition) is 0. The molecule has 0 saturated carbocycles. The number of Topliss-reactive ketones (excluding diaryl/α,β-unsaturated/α-hetero) is 1. The molecule has 0 spiro atoms. The van der Waals surface area contributed by atoms with Crippen LogP contribution in [0.25, 0.3) is 10.2 Å². The molecular weight excluding hydrogens is 206 g/mol. The third-order valence-corrected chi connectivity index (χ3v) is 3.10. The number of fused-ring (bicyclic) bond motifs is 1. The molecule has 0 aliphatic rings. The van der Waals surface area contributed by atoms with E-state index in [0.717, 1.165) is 10.2 Å². The van der Waals surface area contributed by atoms with Crippen LogP contribution in [0.2, 0.25) is 0 Å². The van der Waals surface area contributed by atoms with Crippen LogP contribution in [0.1, 0.15) is 31.1 Å². The van der Waals surface area contributed by atoms with Crippen molar-refractivity contribution in [3.05, 3.63) is 29.3 Å². The zero-order valence-electron chi connectivity index (χ0n) is 9.07. The third-order valence-electron chi connectivity index (χ3n) is 2.25. The lowest BCUT2D eigenvalue weighted by atomic mass is 9.87. The van der Waals surface area contributed by atoms with E-state index in [1.807, 2.05) is 38.3 Å². The average molecular weight is 219 g/mol. The van der Waals surface area contributed by atoms with E-state index in [-0.39, 0.29) is 11.2 Å². The molecule has 0 aliphatic carbocycles. The van der Waals surface area contributed by atoms with Gasteiger partial charge in [0.2, 0.25) is 0 Å². The fourth-order valence-corrected chi connectivity index (χ4v) is 2.18. The van der Waals surface area contributed by atoms with Crippen LogP contribution in [0.4, 0.5) is 0 Å². The molecule has 0 fully saturated rings. The summed E-state index contributed by atoms with van der Waals surface area (Å²) < 4.78 is 1.07. The van der Waals surface area contributed by atoms with E-state index < -0.39 is 0 Å². The molecule has 0 atom stereocenters. The van der Waals surface area contributed by atoms with Crippen LogP contribution in [0.3, 0.4) is 0 Å². The van der Waals surface area contributed by atoms with Crippen LogP contribution in [0, 0.1) is 5.41 Å². The van der Waals surface area contributed by atoms with Gasteiger partial charge in [0.05, 0.1) is 10.2 Å². The Labute approximate surface area is 93.0 Å². The van der Waals surface area contributed by atoms with Crippen molar-refractivity contribution >= 4 is 27.3 Å². The van der Waals surface area contributed by atoms with Gasteiger partial charge < -0.3 is 0 Å². The van der Waals surface area contributed by atoms with Crippen molar-refractivity contribution in [3.8, 4) is 0 Å². The Kier molecular flexibility index (Phi) is 2.35. The second-order valence-corrected chi connectivity index (χ2v) is 5.55. The molecule has 2 aromatic rings. The maximum absolute atomic E-state index is 12.0. The van der Waals surface area contributed by atoms with E-state index in [0.29, 0.717) is 5.56 Å². The van der Waals surface area contributed by atoms with Gasteiger partial charge in [0.15, 0.2) is 5.78 Å². The number of carbonyl (C=O) groups is 1. The number of rotatable bonds is 1. The number of ketones is 1. The number of pyridine rings is 1. The second-order valence-electron chi connectivity index (χ2n) is 4.61. The molecule has 0 N–H and O–H groups in total. The Hall–Kier alpha value is -1.22. The van der Waals surface area contributed by atoms with E-state index in [9.17, 15) is 4.79 Å². The van der Waals surface area contributed by atoms with Crippen LogP contribution >= 0.6 is 11.3 Å². The van der Waals surface area contributed by atoms with Gasteiger partial charge in [-0.3, -0.25) is 9.78 Å². The zero-order chi connectivity index (χ0) is 11.1. The summed E-state index contributed by atoms with van der Waals surface area (Å²) in [5.41, 5.74) is 1.33. The first-order valence-corrected chi connectivity index (χ1v) is 5.74. The molecule has 15 heavy (non-hydrogen) atoms. The summed E-state index contributed by atoms with van der Waals surface area (Å²) in [6.07, 6.45) is 1.67. The molecule has 0 aliphatic heterocycles. The smallest absolute Gasteiger partial charge is 0.169 e. The predicted octanol–water partition coefficient (Wildman–Crippen LogP) is 3.53. The zero-order valence-corrected chi connectivity index (χ0v) is 9.89. The van der Waals surface area contributed by atoms with Crippen LogP contribution < -0.4 is 0 Å². The van der Waals surface area contributed by atoms with Crippen molar-refractivity contribution in [1.82, 2.24) is 4.98 Å². The highest BCUT2D eigenvalue weighted by Gasteiger charge is 2.23. The maximum Gasteiger partial charge on any atom is 0.169 e. The minimum atomic E-state index is -0.341. The van der Waals surface area contributed by atoms with E-state index in [4.69, 9.17) is 0 Å². The SMILES string of the molecule is CC(C)(C)C(=O)c1cnc2ccsc2c1. The summed E-state index contributed by atoms with van der Waals surface area (Å²) in [5, 5.41) is 1.99. The second kappa shape index (κ2) is 3.42. The van der Waals surface area contributed by atoms with Crippen molar-refractivity contribution in [2.24, 2.45) is 5.41 Å². The largest absolute Gasteiger partial charge is 0.294 e. The number of carbonyl (C=O) groups excluding carboxylic acids is 1. The lowest BCUT2D eigenvalue weighted by Gasteiger charge is -2.16. The highest BCUT2D eigenvalue weighted by molar-refractivity contribution is 7.17. The molecule has 2 nitrogen and oxygen atoms in total. The lowest BCUT2D eigenvalue weighted by Crippen LogP contribution is -2.20. The average Bonchev–Trinajstić information content (AvgIpc) is 2.61. The normalized spacial score (nSPS) is 11.9. The Bertz CT molecular complexity index is 508. The van der Waals surface area contributed by atoms with Crippen molar-refractivity contribution in [2.75, 3.05) is 0 Å². The molecule has 2 rings (SSSR count). The van der Waals surface area contributed by atoms with E-state index >= 15 is 0 Å². The molecule has 2 heterocycles. The molecule has 0 bridgehead atoms. The molecule has 0 unspecified atom stereocenters. The number of aromatic nitrogens is 1. The van der Waals surface area contributed by atoms with Crippen LogP contribution in [0.15, 0.2) is 23.7 Å². The van der Waals surface area contributed by atoms with Crippen molar-refractivity contribution < 1.29 is 4.79 Å². The molecular formula is C12H13NOS. The first kappa shape index (κ1) is 10.3. The first-order valence-electron chi connectivity index (χ1n) is 4.86. The molecule has 3 heteroatoms. The topological polar surface area (TPSA) is 30.0 Å². The third kappa shape index (κ3) is 1.92. The molecule has 0 saturated heterocycles. The van der Waals surface area contributed by atoms with Gasteiger partial charge in [0, 0.05) is 17.2 Å². The monoisotopic (exact) mass is 219 g/mol. The number of hydrogen-bond acceptors (Lipinski definition) is 3. The molecule has 2 aromatic heterocycles. The molecule has 0 amide bonds. The summed E-state index contributed by atoms with van der Waals surface area (Å²) in [6.45, 7) is 5.77. The van der Waals surface area contributed by atoms with Gasteiger partial charge >= 0.3 is 0 Å². The van der Waals surface area contributed by atoms with Gasteiger partial charge in [-0.2, -0.15) is 0 Å². The predicted molar refractivity (Wildman–Crippen MR) is 63.4 cm³/mol. The van der Waals surface area contributed by atoms with Crippen molar-refractivity contribution in [2.45, 2.75) is 20.8 Å². The Morgan fingerprint density at radius 2 is 2.13 bits per heavy atom. The Balaban J connectivity index is 2.49. The highest BCUT2D eigenvalue weighted by atomic mass is 32.1. The summed E-state index contributed by atoms with van der Waals surface area (Å²) in [6, 6.07) is 3.89. The number of thiophene rings is 1. The highest BCUT2D eigenvalue weighted by Crippen LogP contribution is 2.24. The quantitative estimate of drug-likeness (QED) is 0.687. The molecule has 78 valence electrons. The van der Waals surface area contributed by atoms with Gasteiger partial charge in [-0.25, -0.2) is 0 Å². The summed E-state index contributed by atoms with van der Waals surface area (Å²) in [5.74, 6) is 0.144. The van der Waals surface area contributed by atoms with Crippen LogP contribution in [0.5, 0.6) is 0 Å². The fraction of sp³-hybridized carbons (Fsp3) is 0.333. The lowest BCUT2D eigenvalue weighted by molar-refractivity contribution is 0.0858. The fourth-order valence-electron chi connectivity index (χ4n) is 1.40. The summed E-state index contributed by atoms with van der Waals surface area (Å²) >= 11 is 1.61. The minimum absolute atomic E-state index is 0.144. The van der Waals surface area contributed by atoms with Gasteiger partial charge in [0.25, 0.3) is 0 Å². The first-order chi connectivity index (χ1) is 6.98. The molecule has 0 aromatic carbocycles. The maximum atomic E-state index is 12.0. The van der Waals surface area contributed by atoms with E-state index in [1.54, 1.807) is 17.5 Å².